The fourth-order valence-electron chi connectivity index (χ4n) is 3.02. The summed E-state index contributed by atoms with van der Waals surface area (Å²) in [6, 6.07) is 11.3. The monoisotopic (exact) mass is 397 g/mol. The molecule has 0 saturated heterocycles. The number of hydrogen-bond acceptors (Lipinski definition) is 6. The van der Waals surface area contributed by atoms with Crippen LogP contribution in [-0.4, -0.2) is 38.0 Å². The number of hydrogen-bond donors (Lipinski definition) is 1. The van der Waals surface area contributed by atoms with Crippen LogP contribution in [0, 0.1) is 5.92 Å². The predicted octanol–water partition coefficient (Wildman–Crippen LogP) is 2.94. The highest BCUT2D eigenvalue weighted by Gasteiger charge is 2.22. The Labute approximate surface area is 169 Å². The molecule has 0 saturated carbocycles. The van der Waals surface area contributed by atoms with Gasteiger partial charge in [0, 0.05) is 5.56 Å². The van der Waals surface area contributed by atoms with E-state index in [2.05, 4.69) is 5.32 Å². The number of ether oxygens (including phenoxy) is 3. The van der Waals surface area contributed by atoms with Gasteiger partial charge in [0.15, 0.2) is 18.1 Å². The van der Waals surface area contributed by atoms with Gasteiger partial charge in [0.05, 0.1) is 11.6 Å². The van der Waals surface area contributed by atoms with E-state index >= 15 is 0 Å². The molecule has 1 aliphatic rings. The van der Waals surface area contributed by atoms with Crippen LogP contribution in [0.15, 0.2) is 42.5 Å². The summed E-state index contributed by atoms with van der Waals surface area (Å²) in [7, 11) is 0. The number of fused-ring (bicyclic) bond motifs is 1. The molecule has 1 amide bonds. The second-order valence-corrected chi connectivity index (χ2v) is 7.01. The normalized spacial score (nSPS) is 13.5. The van der Waals surface area contributed by atoms with Crippen LogP contribution in [0.5, 0.6) is 11.5 Å². The van der Waals surface area contributed by atoms with Crippen LogP contribution >= 0.6 is 0 Å². The maximum Gasteiger partial charge on any atom is 0.338 e. The highest BCUT2D eigenvalue weighted by molar-refractivity contribution is 5.92. The third-order valence-electron chi connectivity index (χ3n) is 4.53. The van der Waals surface area contributed by atoms with Crippen molar-refractivity contribution in [3.63, 3.8) is 0 Å². The molecule has 0 aliphatic carbocycles. The molecule has 2 aromatic rings. The van der Waals surface area contributed by atoms with Gasteiger partial charge in [-0.3, -0.25) is 9.59 Å². The van der Waals surface area contributed by atoms with Gasteiger partial charge >= 0.3 is 5.97 Å². The molecule has 152 valence electrons. The van der Waals surface area contributed by atoms with Crippen molar-refractivity contribution in [2.75, 3.05) is 19.8 Å². The number of nitrogens with one attached hydrogen (secondary N) is 1. The average molecular weight is 397 g/mol. The van der Waals surface area contributed by atoms with E-state index in [1.54, 1.807) is 0 Å². The molecular weight excluding hydrogens is 374 g/mol. The number of carbonyl (C=O) groups excluding carboxylic acids is 3. The molecule has 2 aromatic carbocycles. The number of amides is 1. The molecule has 0 radical (unpaired) electrons. The lowest BCUT2D eigenvalue weighted by molar-refractivity contribution is -0.125. The molecule has 1 atom stereocenters. The summed E-state index contributed by atoms with van der Waals surface area (Å²) in [5.74, 6) is 0.407. The Morgan fingerprint density at radius 2 is 1.76 bits per heavy atom. The van der Waals surface area contributed by atoms with E-state index in [0.717, 1.165) is 5.56 Å². The van der Waals surface area contributed by atoms with Crippen LogP contribution in [0.1, 0.15) is 46.2 Å². The van der Waals surface area contributed by atoms with Gasteiger partial charge in [-0.1, -0.05) is 32.0 Å². The third-order valence-corrected chi connectivity index (χ3v) is 4.53. The number of benzene rings is 2. The maximum absolute atomic E-state index is 12.4. The fourth-order valence-corrected chi connectivity index (χ4v) is 3.02. The Balaban J connectivity index is 1.61. The van der Waals surface area contributed by atoms with E-state index in [9.17, 15) is 14.4 Å². The van der Waals surface area contributed by atoms with Gasteiger partial charge in [-0.15, -0.1) is 0 Å². The van der Waals surface area contributed by atoms with Gasteiger partial charge < -0.3 is 19.5 Å². The summed E-state index contributed by atoms with van der Waals surface area (Å²) in [6.07, 6.45) is 0.687. The summed E-state index contributed by atoms with van der Waals surface area (Å²) in [5, 5.41) is 2.91. The van der Waals surface area contributed by atoms with E-state index in [-0.39, 0.29) is 17.5 Å². The molecule has 7 nitrogen and oxygen atoms in total. The quantitative estimate of drug-likeness (QED) is 0.571. The van der Waals surface area contributed by atoms with Crippen molar-refractivity contribution in [1.29, 1.82) is 0 Å². The lowest BCUT2D eigenvalue weighted by Crippen LogP contribution is -2.35. The van der Waals surface area contributed by atoms with Crippen molar-refractivity contribution in [3.05, 3.63) is 59.2 Å². The van der Waals surface area contributed by atoms with E-state index in [4.69, 9.17) is 14.2 Å². The number of esters is 1. The van der Waals surface area contributed by atoms with Crippen molar-refractivity contribution in [3.8, 4) is 11.5 Å². The number of aldehydes is 1. The maximum atomic E-state index is 12.4. The Morgan fingerprint density at radius 1 is 1.07 bits per heavy atom. The van der Waals surface area contributed by atoms with Crippen molar-refractivity contribution in [2.24, 2.45) is 5.92 Å². The Kier molecular flexibility index (Phi) is 6.49. The molecule has 0 spiro atoms. The first-order valence-corrected chi connectivity index (χ1v) is 9.39. The lowest BCUT2D eigenvalue weighted by atomic mass is 9.95. The standard InChI is InChI=1S/C22H23NO6/c1-14(2)21(17-7-8-18-19(11-17)28-10-9-27-18)23-20(25)13-29-22(26)16-5-3-15(12-24)4-6-16/h3-8,11-12,14,21H,9-10,13H2,1-2H3,(H,23,25)/t21-/m0/s1. The zero-order valence-electron chi connectivity index (χ0n) is 16.3. The van der Waals surface area contributed by atoms with Crippen LogP contribution in [-0.2, 0) is 9.53 Å². The van der Waals surface area contributed by atoms with Crippen molar-refractivity contribution in [2.45, 2.75) is 19.9 Å². The molecule has 3 rings (SSSR count). The van der Waals surface area contributed by atoms with Crippen molar-refractivity contribution < 1.29 is 28.6 Å². The van der Waals surface area contributed by atoms with Crippen LogP contribution in [0.2, 0.25) is 0 Å². The Hall–Kier alpha value is -3.35. The van der Waals surface area contributed by atoms with Crippen LogP contribution in [0.4, 0.5) is 0 Å². The Bertz CT molecular complexity index is 891. The predicted molar refractivity (Wildman–Crippen MR) is 105 cm³/mol. The summed E-state index contributed by atoms with van der Waals surface area (Å²) >= 11 is 0. The first kappa shape index (κ1) is 20.4. The van der Waals surface area contributed by atoms with Crippen molar-refractivity contribution >= 4 is 18.2 Å². The SMILES string of the molecule is CC(C)[C@H](NC(=O)COC(=O)c1ccc(C=O)cc1)c1ccc2c(c1)OCCO2. The molecule has 29 heavy (non-hydrogen) atoms. The van der Waals surface area contributed by atoms with Gasteiger partial charge in [-0.2, -0.15) is 0 Å². The summed E-state index contributed by atoms with van der Waals surface area (Å²) in [5.41, 5.74) is 1.61. The van der Waals surface area contributed by atoms with E-state index in [1.165, 1.54) is 24.3 Å². The lowest BCUT2D eigenvalue weighted by Gasteiger charge is -2.25. The van der Waals surface area contributed by atoms with Gasteiger partial charge in [0.2, 0.25) is 0 Å². The molecular formula is C22H23NO6. The van der Waals surface area contributed by atoms with Crippen LogP contribution < -0.4 is 14.8 Å². The van der Waals surface area contributed by atoms with E-state index in [0.29, 0.717) is 36.6 Å². The van der Waals surface area contributed by atoms with Gasteiger partial charge in [0.25, 0.3) is 5.91 Å². The van der Waals surface area contributed by atoms with E-state index in [1.807, 2.05) is 32.0 Å². The average Bonchev–Trinajstić information content (AvgIpc) is 2.75. The highest BCUT2D eigenvalue weighted by atomic mass is 16.6. The fraction of sp³-hybridized carbons (Fsp3) is 0.318. The molecule has 0 aromatic heterocycles. The highest BCUT2D eigenvalue weighted by Crippen LogP contribution is 2.34. The topological polar surface area (TPSA) is 90.9 Å². The summed E-state index contributed by atoms with van der Waals surface area (Å²) in [4.78, 5) is 35.1. The van der Waals surface area contributed by atoms with E-state index < -0.39 is 18.5 Å². The minimum absolute atomic E-state index is 0.105. The molecule has 1 N–H and O–H groups in total. The van der Waals surface area contributed by atoms with Gasteiger partial charge in [-0.25, -0.2) is 4.79 Å². The molecule has 0 bridgehead atoms. The smallest absolute Gasteiger partial charge is 0.338 e. The van der Waals surface area contributed by atoms with Crippen molar-refractivity contribution in [1.82, 2.24) is 5.32 Å². The Morgan fingerprint density at radius 3 is 2.41 bits per heavy atom. The first-order valence-electron chi connectivity index (χ1n) is 9.39. The molecule has 0 unspecified atom stereocenters. The first-order chi connectivity index (χ1) is 14.0. The van der Waals surface area contributed by atoms with Crippen LogP contribution in [0.3, 0.4) is 0 Å². The summed E-state index contributed by atoms with van der Waals surface area (Å²) < 4.78 is 16.2. The summed E-state index contributed by atoms with van der Waals surface area (Å²) in [6.45, 7) is 4.58. The van der Waals surface area contributed by atoms with Crippen LogP contribution in [0.25, 0.3) is 0 Å². The minimum Gasteiger partial charge on any atom is -0.486 e. The van der Waals surface area contributed by atoms with Gasteiger partial charge in [-0.05, 0) is 35.7 Å². The second-order valence-electron chi connectivity index (χ2n) is 7.01. The molecule has 0 fully saturated rings. The minimum atomic E-state index is -0.627. The van der Waals surface area contributed by atoms with Gasteiger partial charge in [0.1, 0.15) is 19.5 Å². The molecule has 1 aliphatic heterocycles. The largest absolute Gasteiger partial charge is 0.486 e. The number of rotatable bonds is 7. The molecule has 1 heterocycles. The number of carbonyl (C=O) groups is 3. The third kappa shape index (κ3) is 5.13. The zero-order valence-corrected chi connectivity index (χ0v) is 16.3. The molecule has 7 heteroatoms. The zero-order chi connectivity index (χ0) is 20.8. The second kappa shape index (κ2) is 9.23.